The van der Waals surface area contributed by atoms with Crippen LogP contribution in [-0.2, 0) is 0 Å². The summed E-state index contributed by atoms with van der Waals surface area (Å²) in [5, 5.41) is 3.40. The third-order valence-electron chi connectivity index (χ3n) is 3.40. The second kappa shape index (κ2) is 5.83. The summed E-state index contributed by atoms with van der Waals surface area (Å²) >= 11 is 1.95. The Morgan fingerprint density at radius 2 is 2.22 bits per heavy atom. The molecule has 0 saturated carbocycles. The molecule has 1 aromatic rings. The summed E-state index contributed by atoms with van der Waals surface area (Å²) in [6.45, 7) is 4.11. The number of nitrogens with zero attached hydrogens (tertiary/aromatic N) is 1. The molecule has 1 aromatic carbocycles. The average Bonchev–Trinajstić information content (AvgIpc) is 2.81. The molecular formula is C14H21FN2S. The van der Waals surface area contributed by atoms with Crippen LogP contribution in [0.2, 0.25) is 0 Å². The molecule has 2 rings (SSSR count). The van der Waals surface area contributed by atoms with E-state index in [2.05, 4.69) is 19.2 Å². The summed E-state index contributed by atoms with van der Waals surface area (Å²) in [6, 6.07) is 6.23. The molecule has 1 heterocycles. The minimum atomic E-state index is -0.151. The summed E-state index contributed by atoms with van der Waals surface area (Å²) in [4.78, 5) is 1.95. The third kappa shape index (κ3) is 3.10. The highest BCUT2D eigenvalue weighted by Gasteiger charge is 2.16. The molecule has 1 aliphatic rings. The smallest absolute Gasteiger partial charge is 0.148 e. The van der Waals surface area contributed by atoms with Crippen LogP contribution in [0.5, 0.6) is 0 Å². The molecule has 1 aliphatic heterocycles. The molecule has 100 valence electrons. The monoisotopic (exact) mass is 268 g/mol. The van der Waals surface area contributed by atoms with E-state index >= 15 is 0 Å². The molecule has 0 aromatic heterocycles. The van der Waals surface area contributed by atoms with Crippen molar-refractivity contribution in [2.24, 2.45) is 0 Å². The van der Waals surface area contributed by atoms with Crippen LogP contribution in [0, 0.1) is 5.82 Å². The van der Waals surface area contributed by atoms with Gasteiger partial charge in [0.15, 0.2) is 0 Å². The first-order valence-corrected chi connectivity index (χ1v) is 7.60. The maximum atomic E-state index is 14.0. The first-order chi connectivity index (χ1) is 8.58. The van der Waals surface area contributed by atoms with Gasteiger partial charge in [-0.2, -0.15) is 11.8 Å². The van der Waals surface area contributed by atoms with Gasteiger partial charge in [-0.1, -0.05) is 0 Å². The van der Waals surface area contributed by atoms with Gasteiger partial charge in [0.2, 0.25) is 0 Å². The van der Waals surface area contributed by atoms with Crippen LogP contribution in [0.25, 0.3) is 0 Å². The van der Waals surface area contributed by atoms with Crippen molar-refractivity contribution in [3.8, 4) is 0 Å². The van der Waals surface area contributed by atoms with Gasteiger partial charge in [0.25, 0.3) is 0 Å². The fourth-order valence-corrected chi connectivity index (χ4v) is 3.20. The Hall–Kier alpha value is -0.900. The number of halogens is 1. The van der Waals surface area contributed by atoms with Gasteiger partial charge in [-0.15, -0.1) is 0 Å². The number of hydrogen-bond acceptors (Lipinski definition) is 3. The van der Waals surface area contributed by atoms with Crippen LogP contribution in [0.3, 0.4) is 0 Å². The van der Waals surface area contributed by atoms with Crippen LogP contribution >= 0.6 is 11.8 Å². The van der Waals surface area contributed by atoms with Crippen molar-refractivity contribution in [1.29, 1.82) is 0 Å². The topological polar surface area (TPSA) is 15.3 Å². The van der Waals surface area contributed by atoms with Gasteiger partial charge in [0.05, 0.1) is 5.69 Å². The van der Waals surface area contributed by atoms with E-state index in [-0.39, 0.29) is 5.82 Å². The lowest BCUT2D eigenvalue weighted by atomic mass is 10.2. The van der Waals surface area contributed by atoms with Gasteiger partial charge in [0.1, 0.15) is 5.82 Å². The quantitative estimate of drug-likeness (QED) is 0.898. The lowest BCUT2D eigenvalue weighted by molar-refractivity contribution is 0.613. The maximum absolute atomic E-state index is 14.0. The number of thioether (sulfide) groups is 1. The van der Waals surface area contributed by atoms with Crippen molar-refractivity contribution in [3.63, 3.8) is 0 Å². The molecule has 18 heavy (non-hydrogen) atoms. The number of nitrogens with one attached hydrogen (secondary N) is 1. The van der Waals surface area contributed by atoms with E-state index in [1.807, 2.05) is 35.8 Å². The van der Waals surface area contributed by atoms with Crippen molar-refractivity contribution < 1.29 is 4.39 Å². The first kappa shape index (κ1) is 13.5. The van der Waals surface area contributed by atoms with Gasteiger partial charge in [-0.25, -0.2) is 4.39 Å². The fourth-order valence-electron chi connectivity index (χ4n) is 2.04. The maximum Gasteiger partial charge on any atom is 0.148 e. The molecule has 1 unspecified atom stereocenters. The molecule has 2 nitrogen and oxygen atoms in total. The molecule has 4 heteroatoms. The van der Waals surface area contributed by atoms with E-state index in [4.69, 9.17) is 0 Å². The van der Waals surface area contributed by atoms with Crippen molar-refractivity contribution in [3.05, 3.63) is 24.0 Å². The zero-order valence-corrected chi connectivity index (χ0v) is 12.1. The van der Waals surface area contributed by atoms with Crippen LogP contribution < -0.4 is 10.2 Å². The minimum absolute atomic E-state index is 0.151. The van der Waals surface area contributed by atoms with E-state index in [1.165, 1.54) is 12.2 Å². The molecule has 0 amide bonds. The Labute approximate surface area is 113 Å². The fraction of sp³-hybridized carbons (Fsp3) is 0.571. The van der Waals surface area contributed by atoms with Crippen LogP contribution in [0.15, 0.2) is 18.2 Å². The van der Waals surface area contributed by atoms with Crippen LogP contribution in [-0.4, -0.2) is 30.6 Å². The van der Waals surface area contributed by atoms with Gasteiger partial charge in [-0.05, 0) is 44.2 Å². The Morgan fingerprint density at radius 1 is 1.44 bits per heavy atom. The Morgan fingerprint density at radius 3 is 2.78 bits per heavy atom. The third-order valence-corrected chi connectivity index (χ3v) is 4.57. The highest BCUT2D eigenvalue weighted by molar-refractivity contribution is 7.99. The van der Waals surface area contributed by atoms with Gasteiger partial charge < -0.3 is 10.2 Å². The van der Waals surface area contributed by atoms with Crippen molar-refractivity contribution >= 4 is 23.1 Å². The average molecular weight is 268 g/mol. The summed E-state index contributed by atoms with van der Waals surface area (Å²) in [5.74, 6) is 2.17. The molecular weight excluding hydrogens is 247 g/mol. The molecule has 0 aliphatic carbocycles. The lowest BCUT2D eigenvalue weighted by Crippen LogP contribution is -2.26. The summed E-state index contributed by atoms with van der Waals surface area (Å²) < 4.78 is 14.0. The van der Waals surface area contributed by atoms with Gasteiger partial charge in [0, 0.05) is 30.6 Å². The SMILES string of the molecule is CC(C)N(C)c1ccc(NC2CCSC2)cc1F. The number of anilines is 2. The van der Waals surface area contributed by atoms with Crippen molar-refractivity contribution in [2.45, 2.75) is 32.4 Å². The van der Waals surface area contributed by atoms with Gasteiger partial charge >= 0.3 is 0 Å². The van der Waals surface area contributed by atoms with E-state index in [0.29, 0.717) is 17.8 Å². The largest absolute Gasteiger partial charge is 0.381 e. The number of hydrogen-bond donors (Lipinski definition) is 1. The highest BCUT2D eigenvalue weighted by Crippen LogP contribution is 2.26. The molecule has 1 saturated heterocycles. The molecule has 0 bridgehead atoms. The lowest BCUT2D eigenvalue weighted by Gasteiger charge is -2.24. The molecule has 0 radical (unpaired) electrons. The first-order valence-electron chi connectivity index (χ1n) is 6.44. The summed E-state index contributed by atoms with van der Waals surface area (Å²) in [6.07, 6.45) is 1.17. The molecule has 1 fully saturated rings. The minimum Gasteiger partial charge on any atom is -0.381 e. The Bertz CT molecular complexity index is 403. The van der Waals surface area contributed by atoms with Crippen molar-refractivity contribution in [1.82, 2.24) is 0 Å². The van der Waals surface area contributed by atoms with Crippen molar-refractivity contribution in [2.75, 3.05) is 28.8 Å². The zero-order valence-electron chi connectivity index (χ0n) is 11.2. The standard InChI is InChI=1S/C14H21FN2S/c1-10(2)17(3)14-5-4-11(8-13(14)15)16-12-6-7-18-9-12/h4-5,8,10,12,16H,6-7,9H2,1-3H3. The second-order valence-corrected chi connectivity index (χ2v) is 6.23. The zero-order chi connectivity index (χ0) is 13.1. The van der Waals surface area contributed by atoms with E-state index in [9.17, 15) is 4.39 Å². The Kier molecular flexibility index (Phi) is 4.38. The molecule has 1 N–H and O–H groups in total. The predicted molar refractivity (Wildman–Crippen MR) is 79.3 cm³/mol. The molecule has 0 spiro atoms. The summed E-state index contributed by atoms with van der Waals surface area (Å²) in [5.41, 5.74) is 1.55. The molecule has 1 atom stereocenters. The van der Waals surface area contributed by atoms with Crippen LogP contribution in [0.4, 0.5) is 15.8 Å². The summed E-state index contributed by atoms with van der Waals surface area (Å²) in [7, 11) is 1.92. The van der Waals surface area contributed by atoms with E-state index < -0.39 is 0 Å². The predicted octanol–water partition coefficient (Wildman–Crippen LogP) is 3.59. The number of rotatable bonds is 4. The van der Waals surface area contributed by atoms with E-state index in [1.54, 1.807) is 6.07 Å². The van der Waals surface area contributed by atoms with Crippen LogP contribution in [0.1, 0.15) is 20.3 Å². The Balaban J connectivity index is 2.09. The van der Waals surface area contributed by atoms with Gasteiger partial charge in [-0.3, -0.25) is 0 Å². The van der Waals surface area contributed by atoms with E-state index in [0.717, 1.165) is 11.4 Å². The normalized spacial score (nSPS) is 19.3. The highest BCUT2D eigenvalue weighted by atomic mass is 32.2. The second-order valence-electron chi connectivity index (χ2n) is 5.08. The number of benzene rings is 1.